The van der Waals surface area contributed by atoms with E-state index in [4.69, 9.17) is 4.74 Å². The van der Waals surface area contributed by atoms with E-state index in [0.29, 0.717) is 0 Å². The van der Waals surface area contributed by atoms with Crippen LogP contribution in [0.5, 0.6) is 0 Å². The Morgan fingerprint density at radius 1 is 1.33 bits per heavy atom. The van der Waals surface area contributed by atoms with Gasteiger partial charge >= 0.3 is 5.97 Å². The van der Waals surface area contributed by atoms with Crippen molar-refractivity contribution in [3.63, 3.8) is 0 Å². The Kier molecular flexibility index (Phi) is 5.44. The summed E-state index contributed by atoms with van der Waals surface area (Å²) in [5.74, 6) is -0.181. The van der Waals surface area contributed by atoms with Gasteiger partial charge in [-0.1, -0.05) is 19.1 Å². The van der Waals surface area contributed by atoms with Gasteiger partial charge in [0.05, 0.1) is 18.5 Å². The highest BCUT2D eigenvalue weighted by molar-refractivity contribution is 5.76. The van der Waals surface area contributed by atoms with E-state index in [1.165, 1.54) is 18.5 Å². The number of para-hydroxylation sites is 2. The van der Waals surface area contributed by atoms with Gasteiger partial charge in [0.25, 0.3) is 0 Å². The normalized spacial score (nSPS) is 15.6. The van der Waals surface area contributed by atoms with Crippen molar-refractivity contribution in [2.24, 2.45) is 0 Å². The van der Waals surface area contributed by atoms with Gasteiger partial charge in [0.2, 0.25) is 0 Å². The van der Waals surface area contributed by atoms with Crippen molar-refractivity contribution >= 4 is 17.3 Å². The third kappa shape index (κ3) is 3.67. The Morgan fingerprint density at radius 2 is 2.05 bits per heavy atom. The Hall–Kier alpha value is -1.75. The SMILES string of the molecule is CCNC(CCN1CCN(C)c2ccccc21)C(=O)OC. The van der Waals surface area contributed by atoms with Crippen molar-refractivity contribution in [2.75, 3.05) is 50.1 Å². The van der Waals surface area contributed by atoms with Gasteiger partial charge in [0.15, 0.2) is 0 Å². The Morgan fingerprint density at radius 3 is 2.71 bits per heavy atom. The zero-order chi connectivity index (χ0) is 15.2. The van der Waals surface area contributed by atoms with Crippen LogP contribution >= 0.6 is 0 Å². The highest BCUT2D eigenvalue weighted by atomic mass is 16.5. The summed E-state index contributed by atoms with van der Waals surface area (Å²) in [5.41, 5.74) is 2.49. The van der Waals surface area contributed by atoms with Crippen LogP contribution in [0.2, 0.25) is 0 Å². The lowest BCUT2D eigenvalue weighted by atomic mass is 10.1. The van der Waals surface area contributed by atoms with Crippen molar-refractivity contribution in [1.82, 2.24) is 5.32 Å². The lowest BCUT2D eigenvalue weighted by molar-refractivity contribution is -0.143. The second-order valence-corrected chi connectivity index (χ2v) is 5.32. The van der Waals surface area contributed by atoms with Gasteiger partial charge in [-0.05, 0) is 25.1 Å². The van der Waals surface area contributed by atoms with Crippen LogP contribution in [0.4, 0.5) is 11.4 Å². The van der Waals surface area contributed by atoms with Gasteiger partial charge in [-0.2, -0.15) is 0 Å². The fourth-order valence-corrected chi connectivity index (χ4v) is 2.78. The third-order valence-electron chi connectivity index (χ3n) is 3.96. The van der Waals surface area contributed by atoms with E-state index in [2.05, 4.69) is 46.4 Å². The largest absolute Gasteiger partial charge is 0.468 e. The number of anilines is 2. The standard InChI is InChI=1S/C16H25N3O2/c1-4-17-13(16(20)21-3)9-10-19-12-11-18(2)14-7-5-6-8-15(14)19/h5-8,13,17H,4,9-12H2,1-3H3. The van der Waals surface area contributed by atoms with E-state index in [1.54, 1.807) is 0 Å². The number of nitrogens with one attached hydrogen (secondary N) is 1. The lowest BCUT2D eigenvalue weighted by Crippen LogP contribution is -2.44. The second kappa shape index (κ2) is 7.31. The molecule has 0 aliphatic carbocycles. The molecule has 1 unspecified atom stereocenters. The molecular weight excluding hydrogens is 266 g/mol. The summed E-state index contributed by atoms with van der Waals surface area (Å²) in [6.45, 7) is 5.59. The lowest BCUT2D eigenvalue weighted by Gasteiger charge is -2.37. The number of carbonyl (C=O) groups is 1. The first-order chi connectivity index (χ1) is 10.2. The van der Waals surface area contributed by atoms with Crippen LogP contribution in [0, 0.1) is 0 Å². The van der Waals surface area contributed by atoms with Crippen molar-refractivity contribution in [1.29, 1.82) is 0 Å². The number of likely N-dealkylation sites (N-methyl/N-ethyl adjacent to an activating group) is 2. The number of fused-ring (bicyclic) bond motifs is 1. The first-order valence-electron chi connectivity index (χ1n) is 7.53. The number of hydrogen-bond donors (Lipinski definition) is 1. The topological polar surface area (TPSA) is 44.8 Å². The number of hydrogen-bond acceptors (Lipinski definition) is 5. The molecule has 0 bridgehead atoms. The Balaban J connectivity index is 2.03. The van der Waals surface area contributed by atoms with E-state index in [1.807, 2.05) is 6.92 Å². The fraction of sp³-hybridized carbons (Fsp3) is 0.562. The number of carbonyl (C=O) groups excluding carboxylic acids is 1. The van der Waals surface area contributed by atoms with Crippen molar-refractivity contribution in [3.05, 3.63) is 24.3 Å². The molecule has 1 aliphatic rings. The number of rotatable bonds is 6. The average molecular weight is 291 g/mol. The third-order valence-corrected chi connectivity index (χ3v) is 3.96. The maximum Gasteiger partial charge on any atom is 0.322 e. The zero-order valence-electron chi connectivity index (χ0n) is 13.1. The summed E-state index contributed by atoms with van der Waals surface area (Å²) in [4.78, 5) is 16.4. The minimum Gasteiger partial charge on any atom is -0.468 e. The molecule has 0 saturated heterocycles. The maximum absolute atomic E-state index is 11.8. The molecule has 5 heteroatoms. The Labute approximate surface area is 126 Å². The molecule has 1 heterocycles. The number of ether oxygens (including phenoxy) is 1. The molecule has 0 spiro atoms. The number of benzene rings is 1. The van der Waals surface area contributed by atoms with Crippen molar-refractivity contribution in [2.45, 2.75) is 19.4 Å². The van der Waals surface area contributed by atoms with Crippen LogP contribution in [-0.2, 0) is 9.53 Å². The van der Waals surface area contributed by atoms with Crippen LogP contribution in [0.15, 0.2) is 24.3 Å². The van der Waals surface area contributed by atoms with Gasteiger partial charge in [-0.15, -0.1) is 0 Å². The van der Waals surface area contributed by atoms with E-state index >= 15 is 0 Å². The summed E-state index contributed by atoms with van der Waals surface area (Å²) >= 11 is 0. The molecule has 5 nitrogen and oxygen atoms in total. The molecule has 116 valence electrons. The molecule has 0 amide bonds. The predicted molar refractivity (Wildman–Crippen MR) is 86.0 cm³/mol. The number of methoxy groups -OCH3 is 1. The van der Waals surface area contributed by atoms with Gasteiger partial charge in [-0.25, -0.2) is 0 Å². The Bertz CT molecular complexity index is 478. The van der Waals surface area contributed by atoms with Gasteiger partial charge in [0.1, 0.15) is 6.04 Å². The molecule has 0 fully saturated rings. The predicted octanol–water partition coefficient (Wildman–Crippen LogP) is 1.48. The quantitative estimate of drug-likeness (QED) is 0.805. The molecule has 0 saturated carbocycles. The number of nitrogens with zero attached hydrogens (tertiary/aromatic N) is 2. The molecule has 2 rings (SSSR count). The monoisotopic (exact) mass is 291 g/mol. The van der Waals surface area contributed by atoms with Crippen LogP contribution in [-0.4, -0.2) is 52.3 Å². The average Bonchev–Trinajstić information content (AvgIpc) is 2.52. The van der Waals surface area contributed by atoms with Crippen LogP contribution in [0.1, 0.15) is 13.3 Å². The summed E-state index contributed by atoms with van der Waals surface area (Å²) in [5, 5.41) is 3.19. The molecule has 21 heavy (non-hydrogen) atoms. The summed E-state index contributed by atoms with van der Waals surface area (Å²) in [6, 6.07) is 8.18. The van der Waals surface area contributed by atoms with Crippen molar-refractivity contribution < 1.29 is 9.53 Å². The molecule has 1 atom stereocenters. The fourth-order valence-electron chi connectivity index (χ4n) is 2.78. The minimum atomic E-state index is -0.230. The molecule has 1 N–H and O–H groups in total. The highest BCUT2D eigenvalue weighted by Gasteiger charge is 2.23. The number of esters is 1. The van der Waals surface area contributed by atoms with Gasteiger partial charge < -0.3 is 19.9 Å². The molecule has 0 radical (unpaired) electrons. The highest BCUT2D eigenvalue weighted by Crippen LogP contribution is 2.31. The van der Waals surface area contributed by atoms with Crippen molar-refractivity contribution in [3.8, 4) is 0 Å². The summed E-state index contributed by atoms with van der Waals surface area (Å²) < 4.78 is 4.86. The molecular formula is C16H25N3O2. The van der Waals surface area contributed by atoms with E-state index in [9.17, 15) is 4.79 Å². The zero-order valence-corrected chi connectivity index (χ0v) is 13.1. The van der Waals surface area contributed by atoms with E-state index in [-0.39, 0.29) is 12.0 Å². The smallest absolute Gasteiger partial charge is 0.322 e. The molecule has 1 aliphatic heterocycles. The van der Waals surface area contributed by atoms with Gasteiger partial charge in [0, 0.05) is 26.7 Å². The van der Waals surface area contributed by atoms with E-state index < -0.39 is 0 Å². The first-order valence-corrected chi connectivity index (χ1v) is 7.53. The summed E-state index contributed by atoms with van der Waals surface area (Å²) in [7, 11) is 3.56. The van der Waals surface area contributed by atoms with Gasteiger partial charge in [-0.3, -0.25) is 4.79 Å². The molecule has 1 aromatic carbocycles. The van der Waals surface area contributed by atoms with Crippen LogP contribution < -0.4 is 15.1 Å². The summed E-state index contributed by atoms with van der Waals surface area (Å²) in [6.07, 6.45) is 0.749. The van der Waals surface area contributed by atoms with E-state index in [0.717, 1.165) is 32.6 Å². The minimum absolute atomic E-state index is 0.181. The second-order valence-electron chi connectivity index (χ2n) is 5.32. The molecule has 0 aromatic heterocycles. The first kappa shape index (κ1) is 15.6. The maximum atomic E-state index is 11.8. The van der Waals surface area contributed by atoms with Crippen LogP contribution in [0.3, 0.4) is 0 Å². The van der Waals surface area contributed by atoms with Crippen LogP contribution in [0.25, 0.3) is 0 Å². The molecule has 1 aromatic rings.